The third-order valence-corrected chi connectivity index (χ3v) is 4.04. The van der Waals surface area contributed by atoms with Gasteiger partial charge in [0, 0.05) is 11.8 Å². The van der Waals surface area contributed by atoms with Crippen molar-refractivity contribution in [1.82, 2.24) is 4.98 Å². The van der Waals surface area contributed by atoms with E-state index in [9.17, 15) is 9.59 Å². The molecule has 0 amide bonds. The van der Waals surface area contributed by atoms with Gasteiger partial charge in [-0.3, -0.25) is 4.79 Å². The van der Waals surface area contributed by atoms with E-state index in [1.54, 1.807) is 0 Å². The highest BCUT2D eigenvalue weighted by atomic mass is 35.5. The molecule has 26 heavy (non-hydrogen) atoms. The standard InChI is InChI=1S/C17H15Cl2NO6/c1-23-13-5-9(6-14(24-2)15(13)25-3)12(21)8-26-17(22)10-4-11(18)16(19)20-7-10/h4-7H,8H2,1-3H3. The van der Waals surface area contributed by atoms with Gasteiger partial charge in [0.15, 0.2) is 18.1 Å². The molecule has 0 aliphatic heterocycles. The lowest BCUT2D eigenvalue weighted by Gasteiger charge is -2.13. The number of halogens is 2. The van der Waals surface area contributed by atoms with Crippen molar-refractivity contribution in [3.8, 4) is 17.2 Å². The molecule has 0 atom stereocenters. The van der Waals surface area contributed by atoms with E-state index in [-0.39, 0.29) is 21.3 Å². The summed E-state index contributed by atoms with van der Waals surface area (Å²) >= 11 is 11.5. The fraction of sp³-hybridized carbons (Fsp3) is 0.235. The number of pyridine rings is 1. The van der Waals surface area contributed by atoms with Crippen LogP contribution in [0.3, 0.4) is 0 Å². The molecule has 1 aromatic heterocycles. The molecule has 9 heteroatoms. The lowest BCUT2D eigenvalue weighted by Crippen LogP contribution is -2.15. The van der Waals surface area contributed by atoms with Gasteiger partial charge >= 0.3 is 5.97 Å². The van der Waals surface area contributed by atoms with E-state index in [1.165, 1.54) is 45.7 Å². The van der Waals surface area contributed by atoms with Crippen molar-refractivity contribution in [1.29, 1.82) is 0 Å². The first-order valence-corrected chi connectivity index (χ1v) is 7.98. The molecule has 0 aliphatic rings. The molecule has 2 aromatic rings. The number of esters is 1. The minimum Gasteiger partial charge on any atom is -0.493 e. The van der Waals surface area contributed by atoms with Crippen LogP contribution in [0.25, 0.3) is 0 Å². The molecule has 0 N–H and O–H groups in total. The molecule has 1 aromatic carbocycles. The van der Waals surface area contributed by atoms with E-state index in [0.717, 1.165) is 0 Å². The number of carbonyl (C=O) groups is 2. The zero-order chi connectivity index (χ0) is 19.3. The fourth-order valence-corrected chi connectivity index (χ4v) is 2.34. The van der Waals surface area contributed by atoms with E-state index < -0.39 is 18.4 Å². The van der Waals surface area contributed by atoms with Crippen LogP contribution >= 0.6 is 23.2 Å². The van der Waals surface area contributed by atoms with Crippen molar-refractivity contribution >= 4 is 35.0 Å². The highest BCUT2D eigenvalue weighted by Gasteiger charge is 2.19. The van der Waals surface area contributed by atoms with Crippen LogP contribution in [0.1, 0.15) is 20.7 Å². The van der Waals surface area contributed by atoms with Crippen LogP contribution in [0.15, 0.2) is 24.4 Å². The highest BCUT2D eigenvalue weighted by Crippen LogP contribution is 2.38. The quantitative estimate of drug-likeness (QED) is 0.400. The van der Waals surface area contributed by atoms with E-state index in [0.29, 0.717) is 17.2 Å². The van der Waals surface area contributed by atoms with Gasteiger partial charge in [-0.05, 0) is 18.2 Å². The van der Waals surface area contributed by atoms with E-state index in [2.05, 4.69) is 4.98 Å². The number of Topliss-reactive ketones (excluding diaryl/α,β-unsaturated/α-hetero) is 1. The van der Waals surface area contributed by atoms with Crippen LogP contribution in [-0.4, -0.2) is 44.7 Å². The molecule has 0 fully saturated rings. The average Bonchev–Trinajstić information content (AvgIpc) is 2.66. The van der Waals surface area contributed by atoms with Gasteiger partial charge in [0.1, 0.15) is 5.15 Å². The number of carbonyl (C=O) groups excluding carboxylic acids is 2. The number of ether oxygens (including phenoxy) is 4. The smallest absolute Gasteiger partial charge is 0.340 e. The lowest BCUT2D eigenvalue weighted by molar-refractivity contribution is 0.0474. The Bertz CT molecular complexity index is 815. The van der Waals surface area contributed by atoms with Crippen LogP contribution < -0.4 is 14.2 Å². The van der Waals surface area contributed by atoms with Crippen molar-refractivity contribution < 1.29 is 28.5 Å². The topological polar surface area (TPSA) is 84.0 Å². The molecule has 0 unspecified atom stereocenters. The maximum absolute atomic E-state index is 12.3. The summed E-state index contributed by atoms with van der Waals surface area (Å²) < 4.78 is 20.6. The van der Waals surface area contributed by atoms with Gasteiger partial charge in [0.25, 0.3) is 0 Å². The van der Waals surface area contributed by atoms with Crippen LogP contribution in [0.5, 0.6) is 17.2 Å². The second kappa shape index (κ2) is 8.73. The normalized spacial score (nSPS) is 10.2. The van der Waals surface area contributed by atoms with Crippen LogP contribution in [0.2, 0.25) is 10.2 Å². The second-order valence-corrected chi connectivity index (χ2v) is 5.68. The number of ketones is 1. The van der Waals surface area contributed by atoms with Crippen molar-refractivity contribution in [3.63, 3.8) is 0 Å². The van der Waals surface area contributed by atoms with Crippen molar-refractivity contribution in [2.45, 2.75) is 0 Å². The second-order valence-electron chi connectivity index (χ2n) is 4.91. The van der Waals surface area contributed by atoms with Gasteiger partial charge in [-0.15, -0.1) is 0 Å². The van der Waals surface area contributed by atoms with Crippen molar-refractivity contribution in [2.75, 3.05) is 27.9 Å². The zero-order valence-electron chi connectivity index (χ0n) is 14.2. The molecule has 0 saturated carbocycles. The summed E-state index contributed by atoms with van der Waals surface area (Å²) in [5, 5.41) is 0.175. The predicted octanol–water partition coefficient (Wildman–Crippen LogP) is 3.45. The number of rotatable bonds is 7. The Kier molecular flexibility index (Phi) is 6.65. The summed E-state index contributed by atoms with van der Waals surface area (Å²) in [6.45, 7) is -0.488. The molecule has 1 heterocycles. The third-order valence-electron chi connectivity index (χ3n) is 3.35. The minimum atomic E-state index is -0.753. The largest absolute Gasteiger partial charge is 0.493 e. The van der Waals surface area contributed by atoms with Gasteiger partial charge in [-0.25, -0.2) is 9.78 Å². The van der Waals surface area contributed by atoms with Crippen LogP contribution in [0.4, 0.5) is 0 Å². The summed E-state index contributed by atoms with van der Waals surface area (Å²) in [6.07, 6.45) is 1.21. The zero-order valence-corrected chi connectivity index (χ0v) is 15.7. The van der Waals surface area contributed by atoms with Crippen LogP contribution in [0, 0.1) is 0 Å². The number of hydrogen-bond acceptors (Lipinski definition) is 7. The number of methoxy groups -OCH3 is 3. The predicted molar refractivity (Wildman–Crippen MR) is 95.0 cm³/mol. The molecular weight excluding hydrogens is 385 g/mol. The minimum absolute atomic E-state index is 0.0664. The number of hydrogen-bond donors (Lipinski definition) is 0. The summed E-state index contributed by atoms with van der Waals surface area (Å²) in [5.41, 5.74) is 0.316. The van der Waals surface area contributed by atoms with Gasteiger partial charge in [-0.1, -0.05) is 23.2 Å². The first-order valence-electron chi connectivity index (χ1n) is 7.22. The molecule has 0 saturated heterocycles. The Balaban J connectivity index is 2.14. The first kappa shape index (κ1) is 19.8. The Hall–Kier alpha value is -2.51. The van der Waals surface area contributed by atoms with Crippen LogP contribution in [-0.2, 0) is 4.74 Å². The fourth-order valence-electron chi connectivity index (χ4n) is 2.07. The van der Waals surface area contributed by atoms with E-state index >= 15 is 0 Å². The Morgan fingerprint density at radius 1 is 0.962 bits per heavy atom. The van der Waals surface area contributed by atoms with Gasteiger partial charge in [0.2, 0.25) is 11.5 Å². The molecule has 0 spiro atoms. The number of aromatic nitrogens is 1. The molecule has 0 radical (unpaired) electrons. The van der Waals surface area contributed by atoms with Crippen molar-refractivity contribution in [2.24, 2.45) is 0 Å². The number of nitrogens with zero attached hydrogens (tertiary/aromatic N) is 1. The molecule has 2 rings (SSSR count). The Morgan fingerprint density at radius 2 is 1.58 bits per heavy atom. The monoisotopic (exact) mass is 399 g/mol. The van der Waals surface area contributed by atoms with Crippen molar-refractivity contribution in [3.05, 3.63) is 45.7 Å². The molecule has 138 valence electrons. The summed E-state index contributed by atoms with van der Waals surface area (Å²) in [4.78, 5) is 28.1. The first-order chi connectivity index (χ1) is 12.4. The van der Waals surface area contributed by atoms with Gasteiger partial charge in [-0.2, -0.15) is 0 Å². The number of benzene rings is 1. The summed E-state index contributed by atoms with van der Waals surface area (Å²) in [7, 11) is 4.32. The Labute approximate surface area is 159 Å². The highest BCUT2D eigenvalue weighted by molar-refractivity contribution is 6.41. The van der Waals surface area contributed by atoms with E-state index in [1.807, 2.05) is 0 Å². The maximum atomic E-state index is 12.3. The SMILES string of the molecule is COc1cc(C(=O)COC(=O)c2cnc(Cl)c(Cl)c2)cc(OC)c1OC. The average molecular weight is 400 g/mol. The molecular formula is C17H15Cl2NO6. The van der Waals surface area contributed by atoms with Gasteiger partial charge in [0.05, 0.1) is 31.9 Å². The summed E-state index contributed by atoms with van der Waals surface area (Å²) in [6, 6.07) is 4.25. The lowest BCUT2D eigenvalue weighted by atomic mass is 10.1. The van der Waals surface area contributed by atoms with Gasteiger partial charge < -0.3 is 18.9 Å². The van der Waals surface area contributed by atoms with E-state index in [4.69, 9.17) is 42.1 Å². The molecule has 0 bridgehead atoms. The molecule has 7 nitrogen and oxygen atoms in total. The third kappa shape index (κ3) is 4.36. The molecule has 0 aliphatic carbocycles. The summed E-state index contributed by atoms with van der Waals surface area (Å²) in [5.74, 6) is -0.224. The Morgan fingerprint density at radius 3 is 2.08 bits per heavy atom. The maximum Gasteiger partial charge on any atom is 0.340 e.